The molecule has 3 nitrogen and oxygen atoms in total. The van der Waals surface area contributed by atoms with Crippen LogP contribution in [0.25, 0.3) is 0 Å². The molecule has 1 aromatic rings. The van der Waals surface area contributed by atoms with E-state index in [9.17, 15) is 4.79 Å². The standard InChI is InChI=1S/C13H18N2OS/c1-10-4-2-3-5-12(10)17-9-13(16)15-8-11-6-14-7-11/h2-5,11,14H,6-9H2,1H3,(H,15,16). The zero-order chi connectivity index (χ0) is 12.1. The second kappa shape index (κ2) is 6.07. The molecule has 0 spiro atoms. The summed E-state index contributed by atoms with van der Waals surface area (Å²) in [5, 5.41) is 6.17. The van der Waals surface area contributed by atoms with E-state index in [4.69, 9.17) is 0 Å². The number of aryl methyl sites for hydroxylation is 1. The molecule has 0 unspecified atom stereocenters. The predicted molar refractivity (Wildman–Crippen MR) is 71.3 cm³/mol. The van der Waals surface area contributed by atoms with Gasteiger partial charge in [0.15, 0.2) is 0 Å². The Morgan fingerprint density at radius 3 is 2.88 bits per heavy atom. The van der Waals surface area contributed by atoms with E-state index >= 15 is 0 Å². The molecule has 17 heavy (non-hydrogen) atoms. The first kappa shape index (κ1) is 12.5. The number of hydrogen-bond acceptors (Lipinski definition) is 3. The van der Waals surface area contributed by atoms with Crippen LogP contribution in [-0.2, 0) is 4.79 Å². The number of thioether (sulfide) groups is 1. The average molecular weight is 250 g/mol. The number of hydrogen-bond donors (Lipinski definition) is 2. The summed E-state index contributed by atoms with van der Waals surface area (Å²) < 4.78 is 0. The minimum Gasteiger partial charge on any atom is -0.355 e. The summed E-state index contributed by atoms with van der Waals surface area (Å²) in [5.74, 6) is 1.26. The lowest BCUT2D eigenvalue weighted by molar-refractivity contribution is -0.118. The van der Waals surface area contributed by atoms with Crippen molar-refractivity contribution in [1.29, 1.82) is 0 Å². The second-order valence-corrected chi connectivity index (χ2v) is 5.40. The molecule has 1 aromatic carbocycles. The molecule has 1 aliphatic heterocycles. The van der Waals surface area contributed by atoms with Crippen LogP contribution in [0.3, 0.4) is 0 Å². The van der Waals surface area contributed by atoms with Gasteiger partial charge in [0.2, 0.25) is 5.91 Å². The third kappa shape index (κ3) is 3.75. The molecular weight excluding hydrogens is 232 g/mol. The number of nitrogens with one attached hydrogen (secondary N) is 2. The van der Waals surface area contributed by atoms with Gasteiger partial charge in [-0.1, -0.05) is 18.2 Å². The minimum absolute atomic E-state index is 0.130. The Bertz CT molecular complexity index is 391. The number of rotatable bonds is 5. The first-order chi connectivity index (χ1) is 8.25. The SMILES string of the molecule is Cc1ccccc1SCC(=O)NCC1CNC1. The highest BCUT2D eigenvalue weighted by molar-refractivity contribution is 8.00. The van der Waals surface area contributed by atoms with Crippen molar-refractivity contribution in [2.24, 2.45) is 5.92 Å². The molecule has 0 bridgehead atoms. The van der Waals surface area contributed by atoms with Crippen molar-refractivity contribution >= 4 is 17.7 Å². The Morgan fingerprint density at radius 1 is 1.47 bits per heavy atom. The van der Waals surface area contributed by atoms with E-state index in [1.165, 1.54) is 10.5 Å². The highest BCUT2D eigenvalue weighted by Gasteiger charge is 2.17. The predicted octanol–water partition coefficient (Wildman–Crippen LogP) is 1.42. The molecule has 1 saturated heterocycles. The third-order valence-corrected chi connectivity index (χ3v) is 4.08. The van der Waals surface area contributed by atoms with Crippen LogP contribution in [0, 0.1) is 12.8 Å². The zero-order valence-corrected chi connectivity index (χ0v) is 10.8. The Hall–Kier alpha value is -1.00. The monoisotopic (exact) mass is 250 g/mol. The number of benzene rings is 1. The van der Waals surface area contributed by atoms with Gasteiger partial charge < -0.3 is 10.6 Å². The van der Waals surface area contributed by atoms with Crippen LogP contribution >= 0.6 is 11.8 Å². The van der Waals surface area contributed by atoms with E-state index in [0.29, 0.717) is 11.7 Å². The maximum absolute atomic E-state index is 11.6. The van der Waals surface area contributed by atoms with Gasteiger partial charge in [0.05, 0.1) is 5.75 Å². The van der Waals surface area contributed by atoms with E-state index in [1.807, 2.05) is 12.1 Å². The average Bonchev–Trinajstić information content (AvgIpc) is 2.26. The van der Waals surface area contributed by atoms with E-state index in [0.717, 1.165) is 19.6 Å². The molecule has 0 saturated carbocycles. The highest BCUT2D eigenvalue weighted by Crippen LogP contribution is 2.21. The molecular formula is C13H18N2OS. The van der Waals surface area contributed by atoms with Crippen LogP contribution in [-0.4, -0.2) is 31.3 Å². The van der Waals surface area contributed by atoms with Gasteiger partial charge in [0.25, 0.3) is 0 Å². The van der Waals surface area contributed by atoms with Crippen molar-refractivity contribution in [3.8, 4) is 0 Å². The topological polar surface area (TPSA) is 41.1 Å². The Balaban J connectivity index is 1.70. The summed E-state index contributed by atoms with van der Waals surface area (Å²) in [6, 6.07) is 8.15. The van der Waals surface area contributed by atoms with Crippen LogP contribution in [0.5, 0.6) is 0 Å². The molecule has 0 radical (unpaired) electrons. The van der Waals surface area contributed by atoms with Gasteiger partial charge in [-0.3, -0.25) is 4.79 Å². The third-order valence-electron chi connectivity index (χ3n) is 2.91. The molecule has 1 amide bonds. The summed E-state index contributed by atoms with van der Waals surface area (Å²) in [6.07, 6.45) is 0. The molecule has 1 heterocycles. The van der Waals surface area contributed by atoms with Crippen LogP contribution in [0.1, 0.15) is 5.56 Å². The molecule has 4 heteroatoms. The molecule has 2 rings (SSSR count). The van der Waals surface area contributed by atoms with Gasteiger partial charge in [-0.15, -0.1) is 11.8 Å². The van der Waals surface area contributed by atoms with E-state index in [1.54, 1.807) is 11.8 Å². The summed E-state index contributed by atoms with van der Waals surface area (Å²) in [6.45, 7) is 4.94. The summed E-state index contributed by atoms with van der Waals surface area (Å²) in [4.78, 5) is 12.8. The Labute approximate surface area is 106 Å². The van der Waals surface area contributed by atoms with E-state index in [-0.39, 0.29) is 5.91 Å². The molecule has 0 aliphatic carbocycles. The lowest BCUT2D eigenvalue weighted by Gasteiger charge is -2.27. The van der Waals surface area contributed by atoms with Gasteiger partial charge in [-0.2, -0.15) is 0 Å². The van der Waals surface area contributed by atoms with E-state index in [2.05, 4.69) is 29.7 Å². The Kier molecular flexibility index (Phi) is 4.45. The highest BCUT2D eigenvalue weighted by atomic mass is 32.2. The zero-order valence-electron chi connectivity index (χ0n) is 10.0. The van der Waals surface area contributed by atoms with Crippen LogP contribution in [0.15, 0.2) is 29.2 Å². The second-order valence-electron chi connectivity index (χ2n) is 4.38. The summed E-state index contributed by atoms with van der Waals surface area (Å²) in [7, 11) is 0. The van der Waals surface area contributed by atoms with Gasteiger partial charge in [0.1, 0.15) is 0 Å². The van der Waals surface area contributed by atoms with Gasteiger partial charge in [-0.05, 0) is 18.6 Å². The van der Waals surface area contributed by atoms with Crippen LogP contribution < -0.4 is 10.6 Å². The van der Waals surface area contributed by atoms with Crippen molar-refractivity contribution in [3.63, 3.8) is 0 Å². The van der Waals surface area contributed by atoms with Crippen molar-refractivity contribution < 1.29 is 4.79 Å². The largest absolute Gasteiger partial charge is 0.355 e. The molecule has 2 N–H and O–H groups in total. The van der Waals surface area contributed by atoms with Crippen molar-refractivity contribution in [1.82, 2.24) is 10.6 Å². The fraction of sp³-hybridized carbons (Fsp3) is 0.462. The smallest absolute Gasteiger partial charge is 0.230 e. The molecule has 92 valence electrons. The summed E-state index contributed by atoms with van der Waals surface area (Å²) in [5.41, 5.74) is 1.23. The van der Waals surface area contributed by atoms with Crippen molar-refractivity contribution in [3.05, 3.63) is 29.8 Å². The maximum atomic E-state index is 11.6. The summed E-state index contributed by atoms with van der Waals surface area (Å²) >= 11 is 1.60. The van der Waals surface area contributed by atoms with Gasteiger partial charge in [-0.25, -0.2) is 0 Å². The van der Waals surface area contributed by atoms with Crippen molar-refractivity contribution in [2.75, 3.05) is 25.4 Å². The normalized spacial score (nSPS) is 15.4. The lowest BCUT2D eigenvalue weighted by Crippen LogP contribution is -2.48. The molecule has 0 atom stereocenters. The first-order valence-electron chi connectivity index (χ1n) is 5.91. The Morgan fingerprint density at radius 2 is 2.24 bits per heavy atom. The van der Waals surface area contributed by atoms with Crippen molar-refractivity contribution in [2.45, 2.75) is 11.8 Å². The fourth-order valence-corrected chi connectivity index (χ4v) is 2.52. The molecule has 0 aromatic heterocycles. The van der Waals surface area contributed by atoms with Crippen LogP contribution in [0.2, 0.25) is 0 Å². The number of carbonyl (C=O) groups is 1. The number of amides is 1. The molecule has 1 aliphatic rings. The molecule has 1 fully saturated rings. The number of carbonyl (C=O) groups excluding carboxylic acids is 1. The van der Waals surface area contributed by atoms with Gasteiger partial charge in [0, 0.05) is 30.4 Å². The van der Waals surface area contributed by atoms with Crippen LogP contribution in [0.4, 0.5) is 0 Å². The van der Waals surface area contributed by atoms with E-state index < -0.39 is 0 Å². The lowest BCUT2D eigenvalue weighted by atomic mass is 10.0. The first-order valence-corrected chi connectivity index (χ1v) is 6.90. The minimum atomic E-state index is 0.130. The maximum Gasteiger partial charge on any atom is 0.230 e. The quantitative estimate of drug-likeness (QED) is 0.777. The fourth-order valence-electron chi connectivity index (χ4n) is 1.66. The van der Waals surface area contributed by atoms with Gasteiger partial charge >= 0.3 is 0 Å².